The molecule has 1 aromatic carbocycles. The minimum atomic E-state index is -0.741. The first-order valence-electron chi connectivity index (χ1n) is 7.74. The van der Waals surface area contributed by atoms with Gasteiger partial charge in [-0.15, -0.1) is 0 Å². The lowest BCUT2D eigenvalue weighted by Gasteiger charge is -2.19. The summed E-state index contributed by atoms with van der Waals surface area (Å²) in [6.45, 7) is 6.33. The van der Waals surface area contributed by atoms with E-state index in [0.717, 1.165) is 0 Å². The lowest BCUT2D eigenvalue weighted by Crippen LogP contribution is -2.35. The summed E-state index contributed by atoms with van der Waals surface area (Å²) in [5.41, 5.74) is -0.728. The normalized spacial score (nSPS) is 10.7. The average molecular weight is 353 g/mol. The molecule has 0 radical (unpaired) electrons. The van der Waals surface area contributed by atoms with E-state index in [1.807, 2.05) is 0 Å². The van der Waals surface area contributed by atoms with Gasteiger partial charge in [-0.05, 0) is 45.9 Å². The van der Waals surface area contributed by atoms with Crippen molar-refractivity contribution in [3.63, 3.8) is 0 Å². The second kappa shape index (κ2) is 8.91. The van der Waals surface area contributed by atoms with E-state index in [1.54, 1.807) is 27.7 Å². The Bertz CT molecular complexity index is 634. The molecule has 0 bridgehead atoms. The number of esters is 1. The van der Waals surface area contributed by atoms with Gasteiger partial charge < -0.3 is 24.6 Å². The summed E-state index contributed by atoms with van der Waals surface area (Å²) in [6, 6.07) is 3.96. The summed E-state index contributed by atoms with van der Waals surface area (Å²) < 4.78 is 15.0. The number of benzene rings is 1. The summed E-state index contributed by atoms with van der Waals surface area (Å²) in [4.78, 5) is 35.0. The topological polar surface area (TPSA) is 111 Å². The molecule has 25 heavy (non-hydrogen) atoms. The van der Waals surface area contributed by atoms with Crippen molar-refractivity contribution in [2.45, 2.75) is 33.3 Å². The van der Waals surface area contributed by atoms with E-state index in [1.165, 1.54) is 18.2 Å². The second-order valence-corrected chi connectivity index (χ2v) is 6.05. The van der Waals surface area contributed by atoms with E-state index in [4.69, 9.17) is 14.2 Å². The van der Waals surface area contributed by atoms with Crippen LogP contribution in [-0.2, 0) is 14.3 Å². The summed E-state index contributed by atoms with van der Waals surface area (Å²) >= 11 is 0. The van der Waals surface area contributed by atoms with Crippen molar-refractivity contribution in [3.05, 3.63) is 23.8 Å². The summed E-state index contributed by atoms with van der Waals surface area (Å²) in [5.74, 6) is -1.13. The number of hydrogen-bond donors (Lipinski definition) is 2. The van der Waals surface area contributed by atoms with Gasteiger partial charge in [0.2, 0.25) is 0 Å². The minimum Gasteiger partial charge on any atom is -0.507 e. The number of ketones is 1. The molecule has 1 aromatic rings. The van der Waals surface area contributed by atoms with Crippen LogP contribution in [0.15, 0.2) is 18.2 Å². The van der Waals surface area contributed by atoms with Crippen LogP contribution in [0.3, 0.4) is 0 Å². The molecule has 138 valence electrons. The lowest BCUT2D eigenvalue weighted by atomic mass is 10.1. The van der Waals surface area contributed by atoms with Crippen LogP contribution in [0.25, 0.3) is 0 Å². The first-order chi connectivity index (χ1) is 11.6. The van der Waals surface area contributed by atoms with Gasteiger partial charge in [0.05, 0.1) is 18.7 Å². The average Bonchev–Trinajstić information content (AvgIpc) is 2.50. The van der Waals surface area contributed by atoms with Crippen LogP contribution in [0.5, 0.6) is 11.5 Å². The van der Waals surface area contributed by atoms with Gasteiger partial charge in [0, 0.05) is 0 Å². The monoisotopic (exact) mass is 353 g/mol. The van der Waals surface area contributed by atoms with E-state index < -0.39 is 23.4 Å². The van der Waals surface area contributed by atoms with Crippen LogP contribution >= 0.6 is 0 Å². The van der Waals surface area contributed by atoms with E-state index in [0.29, 0.717) is 0 Å². The van der Waals surface area contributed by atoms with Gasteiger partial charge >= 0.3 is 12.1 Å². The Morgan fingerprint density at radius 1 is 1.20 bits per heavy atom. The van der Waals surface area contributed by atoms with E-state index in [2.05, 4.69) is 5.32 Å². The maximum atomic E-state index is 12.2. The highest BCUT2D eigenvalue weighted by molar-refractivity contribution is 6.01. The Labute approximate surface area is 146 Å². The molecule has 0 saturated heterocycles. The number of nitrogens with one attached hydrogen (secondary N) is 1. The van der Waals surface area contributed by atoms with Gasteiger partial charge in [-0.1, -0.05) is 0 Å². The predicted octanol–water partition coefficient (Wildman–Crippen LogP) is 2.04. The van der Waals surface area contributed by atoms with Crippen molar-refractivity contribution in [1.82, 2.24) is 5.32 Å². The Hall–Kier alpha value is -2.77. The molecule has 0 saturated carbocycles. The third-order valence-corrected chi connectivity index (χ3v) is 2.72. The quantitative estimate of drug-likeness (QED) is 0.570. The summed E-state index contributed by atoms with van der Waals surface area (Å²) in [7, 11) is 0. The van der Waals surface area contributed by atoms with Crippen LogP contribution in [0.1, 0.15) is 38.1 Å². The predicted molar refractivity (Wildman–Crippen MR) is 88.8 cm³/mol. The van der Waals surface area contributed by atoms with Gasteiger partial charge in [-0.2, -0.15) is 0 Å². The number of alkyl carbamates (subject to hydrolysis) is 1. The highest BCUT2D eigenvalue weighted by atomic mass is 16.6. The molecule has 0 aliphatic rings. The number of Topliss-reactive ketones (excluding diaryl/α,β-unsaturated/α-hetero) is 1. The number of hydrogen-bond acceptors (Lipinski definition) is 7. The van der Waals surface area contributed by atoms with Crippen LogP contribution in [0.4, 0.5) is 4.79 Å². The molecule has 0 aliphatic carbocycles. The van der Waals surface area contributed by atoms with Gasteiger partial charge in [-0.3, -0.25) is 4.79 Å². The zero-order chi connectivity index (χ0) is 19.0. The molecular formula is C17H23NO7. The molecule has 0 heterocycles. The summed E-state index contributed by atoms with van der Waals surface area (Å²) in [5, 5.41) is 12.1. The van der Waals surface area contributed by atoms with Crippen LogP contribution in [-0.4, -0.2) is 48.3 Å². The third kappa shape index (κ3) is 7.56. The number of ether oxygens (including phenoxy) is 3. The zero-order valence-corrected chi connectivity index (χ0v) is 14.8. The number of aromatic hydroxyl groups is 1. The maximum Gasteiger partial charge on any atom is 0.408 e. The number of amides is 1. The molecule has 8 heteroatoms. The smallest absolute Gasteiger partial charge is 0.408 e. The van der Waals surface area contributed by atoms with Crippen molar-refractivity contribution < 1.29 is 33.7 Å². The van der Waals surface area contributed by atoms with Crippen molar-refractivity contribution in [3.8, 4) is 11.5 Å². The van der Waals surface area contributed by atoms with Crippen LogP contribution < -0.4 is 10.1 Å². The molecule has 0 atom stereocenters. The van der Waals surface area contributed by atoms with Gasteiger partial charge in [0.15, 0.2) is 12.4 Å². The fraction of sp³-hybridized carbons (Fsp3) is 0.471. The first-order valence-corrected chi connectivity index (χ1v) is 7.74. The van der Waals surface area contributed by atoms with Crippen molar-refractivity contribution in [2.75, 3.05) is 19.8 Å². The van der Waals surface area contributed by atoms with Crippen LogP contribution in [0.2, 0.25) is 0 Å². The van der Waals surface area contributed by atoms with Crippen molar-refractivity contribution >= 4 is 17.8 Å². The molecule has 2 N–H and O–H groups in total. The fourth-order valence-electron chi connectivity index (χ4n) is 1.74. The highest BCUT2D eigenvalue weighted by Crippen LogP contribution is 2.23. The molecule has 8 nitrogen and oxygen atoms in total. The fourth-order valence-corrected chi connectivity index (χ4v) is 1.74. The third-order valence-electron chi connectivity index (χ3n) is 2.72. The second-order valence-electron chi connectivity index (χ2n) is 6.05. The van der Waals surface area contributed by atoms with Gasteiger partial charge in [-0.25, -0.2) is 9.59 Å². The molecule has 0 spiro atoms. The number of phenolic OH excluding ortho intramolecular Hbond substituents is 1. The van der Waals surface area contributed by atoms with Crippen LogP contribution in [0, 0.1) is 0 Å². The summed E-state index contributed by atoms with van der Waals surface area (Å²) in [6.07, 6.45) is -0.741. The standard InChI is InChI=1S/C17H23NO7/c1-5-23-15(21)10-24-11-6-7-13(19)12(8-11)14(20)9-18-16(22)25-17(2,3)4/h6-8,19H,5,9-10H2,1-4H3,(H,18,22). The number of carbonyl (C=O) groups excluding carboxylic acids is 3. The van der Waals surface area contributed by atoms with E-state index in [9.17, 15) is 19.5 Å². The SMILES string of the molecule is CCOC(=O)COc1ccc(O)c(C(=O)CNC(=O)OC(C)(C)C)c1. The van der Waals surface area contributed by atoms with Crippen molar-refractivity contribution in [1.29, 1.82) is 0 Å². The highest BCUT2D eigenvalue weighted by Gasteiger charge is 2.18. The molecule has 1 rings (SSSR count). The zero-order valence-electron chi connectivity index (χ0n) is 14.8. The Morgan fingerprint density at radius 2 is 1.88 bits per heavy atom. The Kier molecular flexibility index (Phi) is 7.22. The lowest BCUT2D eigenvalue weighted by molar-refractivity contribution is -0.145. The molecule has 0 aliphatic heterocycles. The molecule has 0 fully saturated rings. The molecule has 0 unspecified atom stereocenters. The molecule has 0 aromatic heterocycles. The largest absolute Gasteiger partial charge is 0.507 e. The minimum absolute atomic E-state index is 0.0441. The molecule has 1 amide bonds. The van der Waals surface area contributed by atoms with E-state index >= 15 is 0 Å². The van der Waals surface area contributed by atoms with Gasteiger partial charge in [0.25, 0.3) is 0 Å². The maximum absolute atomic E-state index is 12.2. The van der Waals surface area contributed by atoms with Crippen molar-refractivity contribution in [2.24, 2.45) is 0 Å². The van der Waals surface area contributed by atoms with Gasteiger partial charge in [0.1, 0.15) is 17.1 Å². The van der Waals surface area contributed by atoms with E-state index in [-0.39, 0.29) is 36.8 Å². The number of rotatable bonds is 7. The Morgan fingerprint density at radius 3 is 2.48 bits per heavy atom. The Balaban J connectivity index is 2.67. The number of carbonyl (C=O) groups is 3. The first kappa shape index (κ1) is 20.3. The molecular weight excluding hydrogens is 330 g/mol. The number of phenols is 1.